The summed E-state index contributed by atoms with van der Waals surface area (Å²) in [6.45, 7) is 1.09. The van der Waals surface area contributed by atoms with Crippen LogP contribution < -0.4 is 0 Å². The topological polar surface area (TPSA) is 23.5 Å². The summed E-state index contributed by atoms with van der Waals surface area (Å²) in [5.41, 5.74) is 4.67. The smallest absolute Gasteiger partial charge is 0.116 e. The first kappa shape index (κ1) is 13.8. The Morgan fingerprint density at radius 2 is 1.73 bits per heavy atom. The van der Waals surface area contributed by atoms with E-state index in [0.717, 1.165) is 23.8 Å². The van der Waals surface area contributed by atoms with Crippen molar-refractivity contribution in [2.75, 3.05) is 20.6 Å². The van der Waals surface area contributed by atoms with Crippen molar-refractivity contribution in [3.63, 3.8) is 0 Å². The Balaban J connectivity index is 1.82. The number of fused-ring (bicyclic) bond motifs is 3. The monoisotopic (exact) mass is 293 g/mol. The van der Waals surface area contributed by atoms with Crippen LogP contribution in [-0.2, 0) is 0 Å². The summed E-state index contributed by atoms with van der Waals surface area (Å²) in [4.78, 5) is 2.30. The van der Waals surface area contributed by atoms with Crippen molar-refractivity contribution in [3.05, 3.63) is 47.5 Å². The van der Waals surface area contributed by atoms with E-state index in [1.807, 2.05) is 12.1 Å². The van der Waals surface area contributed by atoms with Crippen LogP contribution in [0, 0.1) is 11.8 Å². The number of likely N-dealkylation sites (N-methyl/N-ethyl adjacent to an activating group) is 1. The molecule has 0 saturated heterocycles. The fraction of sp³-hybridized carbons (Fsp3) is 0.400. The zero-order valence-corrected chi connectivity index (χ0v) is 13.3. The molecule has 0 radical (unpaired) electrons. The number of phenols is 1. The van der Waals surface area contributed by atoms with Gasteiger partial charge in [0.05, 0.1) is 0 Å². The summed E-state index contributed by atoms with van der Waals surface area (Å²) in [6, 6.07) is 12.3. The quantitative estimate of drug-likeness (QED) is 0.912. The molecule has 2 nitrogen and oxygen atoms in total. The van der Waals surface area contributed by atoms with Crippen LogP contribution in [0.2, 0.25) is 0 Å². The number of hydrogen-bond donors (Lipinski definition) is 1. The maximum atomic E-state index is 9.62. The number of hydrogen-bond acceptors (Lipinski definition) is 2. The molecule has 114 valence electrons. The van der Waals surface area contributed by atoms with Crippen molar-refractivity contribution < 1.29 is 5.11 Å². The highest BCUT2D eigenvalue weighted by Crippen LogP contribution is 2.52. The minimum Gasteiger partial charge on any atom is -0.508 e. The molecule has 0 heterocycles. The molecular formula is C20H23NO. The Labute approximate surface area is 132 Å². The van der Waals surface area contributed by atoms with Gasteiger partial charge >= 0.3 is 0 Å². The molecule has 0 spiro atoms. The van der Waals surface area contributed by atoms with Crippen molar-refractivity contribution in [1.29, 1.82) is 0 Å². The Hall–Kier alpha value is -1.80. The van der Waals surface area contributed by atoms with Gasteiger partial charge in [-0.1, -0.05) is 18.2 Å². The van der Waals surface area contributed by atoms with E-state index in [1.165, 1.54) is 30.2 Å². The van der Waals surface area contributed by atoms with Gasteiger partial charge in [-0.05, 0) is 90.9 Å². The van der Waals surface area contributed by atoms with Gasteiger partial charge in [0.1, 0.15) is 5.75 Å². The molecule has 1 fully saturated rings. The Kier molecular flexibility index (Phi) is 3.23. The highest BCUT2D eigenvalue weighted by molar-refractivity contribution is 5.88. The van der Waals surface area contributed by atoms with Crippen molar-refractivity contribution in [1.82, 2.24) is 4.90 Å². The first-order valence-electron chi connectivity index (χ1n) is 8.22. The van der Waals surface area contributed by atoms with Gasteiger partial charge in [0.2, 0.25) is 0 Å². The van der Waals surface area contributed by atoms with Crippen LogP contribution in [0.25, 0.3) is 16.3 Å². The second-order valence-electron chi connectivity index (χ2n) is 7.13. The fourth-order valence-corrected chi connectivity index (χ4v) is 4.42. The molecule has 1 N–H and O–H groups in total. The second kappa shape index (κ2) is 5.13. The first-order chi connectivity index (χ1) is 10.6. The van der Waals surface area contributed by atoms with Crippen LogP contribution in [0.5, 0.6) is 5.75 Å². The van der Waals surface area contributed by atoms with Crippen molar-refractivity contribution in [3.8, 4) is 5.75 Å². The lowest BCUT2D eigenvalue weighted by atomic mass is 9.86. The number of allylic oxidation sites excluding steroid dienone is 1. The van der Waals surface area contributed by atoms with E-state index in [2.05, 4.69) is 37.2 Å². The Morgan fingerprint density at radius 1 is 1.00 bits per heavy atom. The SMILES string of the molecule is CN(C)CC1=C(c2ccc3cc(O)ccc3c2)C2CCC1C2. The standard InChI is InChI=1S/C20H23NO/c1-21(2)12-19-15-4-6-17(10-15)20(19)16-5-3-14-11-18(22)8-7-13(14)9-16/h3,5,7-9,11,15,17,22H,4,6,10,12H2,1-2H3. The molecule has 2 aromatic rings. The zero-order chi connectivity index (χ0) is 15.3. The Morgan fingerprint density at radius 3 is 2.55 bits per heavy atom. The summed E-state index contributed by atoms with van der Waals surface area (Å²) in [5.74, 6) is 1.90. The number of benzene rings is 2. The molecule has 2 unspecified atom stereocenters. The molecule has 0 aliphatic heterocycles. The molecule has 0 amide bonds. The number of nitrogens with zero attached hydrogens (tertiary/aromatic N) is 1. The third kappa shape index (κ3) is 2.22. The molecule has 2 atom stereocenters. The molecule has 4 rings (SSSR count). The number of aromatic hydroxyl groups is 1. The highest BCUT2D eigenvalue weighted by Gasteiger charge is 2.39. The van der Waals surface area contributed by atoms with Gasteiger partial charge in [0, 0.05) is 6.54 Å². The summed E-state index contributed by atoms with van der Waals surface area (Å²) in [5, 5.41) is 12.0. The normalized spacial score (nSPS) is 24.0. The van der Waals surface area contributed by atoms with Crippen molar-refractivity contribution in [2.24, 2.45) is 11.8 Å². The van der Waals surface area contributed by atoms with Gasteiger partial charge in [0.25, 0.3) is 0 Å². The average molecular weight is 293 g/mol. The third-order valence-corrected chi connectivity index (χ3v) is 5.30. The maximum absolute atomic E-state index is 9.62. The van der Waals surface area contributed by atoms with Gasteiger partial charge in [-0.3, -0.25) is 0 Å². The minimum absolute atomic E-state index is 0.340. The first-order valence-corrected chi connectivity index (χ1v) is 8.22. The van der Waals surface area contributed by atoms with Crippen LogP contribution in [0.15, 0.2) is 42.0 Å². The van der Waals surface area contributed by atoms with E-state index >= 15 is 0 Å². The molecule has 2 bridgehead atoms. The van der Waals surface area contributed by atoms with E-state index in [9.17, 15) is 5.11 Å². The van der Waals surface area contributed by atoms with Crippen molar-refractivity contribution >= 4 is 16.3 Å². The largest absolute Gasteiger partial charge is 0.508 e. The molecule has 0 aromatic heterocycles. The minimum atomic E-state index is 0.340. The van der Waals surface area contributed by atoms with Gasteiger partial charge in [-0.2, -0.15) is 0 Å². The van der Waals surface area contributed by atoms with E-state index in [0.29, 0.717) is 5.75 Å². The van der Waals surface area contributed by atoms with Crippen LogP contribution in [0.1, 0.15) is 24.8 Å². The van der Waals surface area contributed by atoms with Gasteiger partial charge in [-0.25, -0.2) is 0 Å². The number of phenolic OH excluding ortho intramolecular Hbond substituents is 1. The molecule has 2 aliphatic rings. The fourth-order valence-electron chi connectivity index (χ4n) is 4.42. The lowest BCUT2D eigenvalue weighted by molar-refractivity contribution is 0.423. The van der Waals surface area contributed by atoms with Gasteiger partial charge < -0.3 is 10.0 Å². The molecule has 2 heteroatoms. The molecule has 2 aliphatic carbocycles. The van der Waals surface area contributed by atoms with Gasteiger partial charge in [-0.15, -0.1) is 0 Å². The lowest BCUT2D eigenvalue weighted by Gasteiger charge is -2.23. The lowest BCUT2D eigenvalue weighted by Crippen LogP contribution is -2.19. The van der Waals surface area contributed by atoms with Crippen molar-refractivity contribution in [2.45, 2.75) is 19.3 Å². The average Bonchev–Trinajstić information content (AvgIpc) is 3.07. The zero-order valence-electron chi connectivity index (χ0n) is 13.3. The molecular weight excluding hydrogens is 270 g/mol. The predicted octanol–water partition coefficient (Wildman–Crippen LogP) is 4.29. The summed E-state index contributed by atoms with van der Waals surface area (Å²) in [7, 11) is 4.33. The third-order valence-electron chi connectivity index (χ3n) is 5.30. The predicted molar refractivity (Wildman–Crippen MR) is 91.9 cm³/mol. The van der Waals surface area contributed by atoms with E-state index in [4.69, 9.17) is 0 Å². The van der Waals surface area contributed by atoms with Gasteiger partial charge in [0.15, 0.2) is 0 Å². The van der Waals surface area contributed by atoms with Crippen LogP contribution >= 0.6 is 0 Å². The van der Waals surface area contributed by atoms with E-state index in [-0.39, 0.29) is 0 Å². The molecule has 1 saturated carbocycles. The van der Waals surface area contributed by atoms with Crippen LogP contribution in [0.3, 0.4) is 0 Å². The van der Waals surface area contributed by atoms with Crippen LogP contribution in [0.4, 0.5) is 0 Å². The van der Waals surface area contributed by atoms with E-state index < -0.39 is 0 Å². The summed E-state index contributed by atoms with van der Waals surface area (Å²) < 4.78 is 0. The second-order valence-corrected chi connectivity index (χ2v) is 7.13. The summed E-state index contributed by atoms with van der Waals surface area (Å²) in [6.07, 6.45) is 4.08. The number of rotatable bonds is 3. The Bertz CT molecular complexity index is 759. The molecule has 2 aromatic carbocycles. The highest BCUT2D eigenvalue weighted by atomic mass is 16.3. The van der Waals surface area contributed by atoms with E-state index in [1.54, 1.807) is 17.2 Å². The molecule has 22 heavy (non-hydrogen) atoms. The maximum Gasteiger partial charge on any atom is 0.116 e. The summed E-state index contributed by atoms with van der Waals surface area (Å²) >= 11 is 0. The van der Waals surface area contributed by atoms with Crippen LogP contribution in [-0.4, -0.2) is 30.6 Å².